The highest BCUT2D eigenvalue weighted by Crippen LogP contribution is 2.27. The number of thiazole rings is 1. The number of anilines is 1. The summed E-state index contributed by atoms with van der Waals surface area (Å²) in [7, 11) is -3.38. The van der Waals surface area contributed by atoms with E-state index in [0.717, 1.165) is 17.6 Å². The molecule has 0 saturated carbocycles. The van der Waals surface area contributed by atoms with E-state index in [9.17, 15) is 13.2 Å². The van der Waals surface area contributed by atoms with Gasteiger partial charge in [-0.3, -0.25) is 9.52 Å². The van der Waals surface area contributed by atoms with Crippen molar-refractivity contribution >= 4 is 32.5 Å². The lowest BCUT2D eigenvalue weighted by Crippen LogP contribution is -2.28. The Labute approximate surface area is 97.4 Å². The van der Waals surface area contributed by atoms with E-state index in [2.05, 4.69) is 9.71 Å². The summed E-state index contributed by atoms with van der Waals surface area (Å²) in [6.45, 7) is 3.02. The van der Waals surface area contributed by atoms with Gasteiger partial charge in [0, 0.05) is 5.38 Å². The Morgan fingerprint density at radius 1 is 1.56 bits per heavy atom. The Balaban J connectivity index is 3.00. The summed E-state index contributed by atoms with van der Waals surface area (Å²) in [6.07, 6.45) is 1.01. The quantitative estimate of drug-likeness (QED) is 0.841. The Kier molecular flexibility index (Phi) is 3.25. The van der Waals surface area contributed by atoms with Crippen LogP contribution in [0.4, 0.5) is 5.13 Å². The van der Waals surface area contributed by atoms with Gasteiger partial charge in [-0.2, -0.15) is 0 Å². The molecule has 1 heterocycles. The smallest absolute Gasteiger partial charge is 0.315 e. The van der Waals surface area contributed by atoms with Crippen molar-refractivity contribution in [3.63, 3.8) is 0 Å². The average molecular weight is 264 g/mol. The Morgan fingerprint density at radius 2 is 2.12 bits per heavy atom. The number of carbonyl (C=O) groups is 1. The summed E-state index contributed by atoms with van der Waals surface area (Å²) >= 11 is 1.06. The molecule has 0 spiro atoms. The van der Waals surface area contributed by atoms with E-state index in [1.165, 1.54) is 19.2 Å². The first-order valence-corrected chi connectivity index (χ1v) is 7.07. The van der Waals surface area contributed by atoms with Gasteiger partial charge >= 0.3 is 5.97 Å². The predicted octanol–water partition coefficient (Wildman–Crippen LogP) is 0.877. The number of carboxylic acid groups (broad SMARTS) is 1. The zero-order chi connectivity index (χ0) is 12.6. The molecular weight excluding hydrogens is 252 g/mol. The fourth-order valence-electron chi connectivity index (χ4n) is 0.876. The Morgan fingerprint density at radius 3 is 2.56 bits per heavy atom. The number of hydrogen-bond acceptors (Lipinski definition) is 5. The molecule has 6 nitrogen and oxygen atoms in total. The van der Waals surface area contributed by atoms with Crippen molar-refractivity contribution in [1.82, 2.24) is 4.98 Å². The molecule has 0 amide bonds. The van der Waals surface area contributed by atoms with Crippen LogP contribution < -0.4 is 4.72 Å². The number of sulfonamides is 1. The maximum atomic E-state index is 10.9. The number of aromatic nitrogens is 1. The number of rotatable bonds is 4. The van der Waals surface area contributed by atoms with Crippen molar-refractivity contribution in [2.24, 2.45) is 0 Å². The normalized spacial score (nSPS) is 12.4. The van der Waals surface area contributed by atoms with E-state index < -0.39 is 21.4 Å². The first kappa shape index (κ1) is 12.9. The van der Waals surface area contributed by atoms with Gasteiger partial charge in [-0.1, -0.05) is 0 Å². The molecule has 0 aliphatic heterocycles. The zero-order valence-corrected chi connectivity index (χ0v) is 10.6. The minimum atomic E-state index is -3.38. The van der Waals surface area contributed by atoms with Crippen LogP contribution in [-0.2, 0) is 20.2 Å². The summed E-state index contributed by atoms with van der Waals surface area (Å²) in [4.78, 5) is 14.9. The summed E-state index contributed by atoms with van der Waals surface area (Å²) in [5, 5.41) is 10.7. The number of nitrogens with zero attached hydrogens (tertiary/aromatic N) is 1. The van der Waals surface area contributed by atoms with Crippen LogP contribution in [0.25, 0.3) is 0 Å². The highest BCUT2D eigenvalue weighted by atomic mass is 32.2. The topological polar surface area (TPSA) is 96.4 Å². The van der Waals surface area contributed by atoms with Gasteiger partial charge in [0.2, 0.25) is 10.0 Å². The van der Waals surface area contributed by atoms with Crippen LogP contribution in [-0.4, -0.2) is 30.7 Å². The molecular formula is C8H12N2O4S2. The van der Waals surface area contributed by atoms with Crippen molar-refractivity contribution in [3.8, 4) is 0 Å². The maximum absolute atomic E-state index is 10.9. The molecule has 1 aromatic rings. The van der Waals surface area contributed by atoms with Crippen LogP contribution in [0.1, 0.15) is 19.5 Å². The number of nitrogens with one attached hydrogen (secondary N) is 1. The van der Waals surface area contributed by atoms with Gasteiger partial charge in [-0.05, 0) is 13.8 Å². The average Bonchev–Trinajstić information content (AvgIpc) is 2.49. The second kappa shape index (κ2) is 4.02. The Bertz CT molecular complexity index is 504. The highest BCUT2D eigenvalue weighted by Gasteiger charge is 2.32. The fourth-order valence-corrected chi connectivity index (χ4v) is 2.61. The molecule has 0 fully saturated rings. The molecule has 0 saturated heterocycles. The van der Waals surface area contributed by atoms with Gasteiger partial charge < -0.3 is 5.11 Å². The third-order valence-electron chi connectivity index (χ3n) is 1.95. The SMILES string of the molecule is CC(C)(C(=O)O)c1csc(NS(C)(=O)=O)n1. The molecule has 2 N–H and O–H groups in total. The lowest BCUT2D eigenvalue weighted by atomic mass is 9.91. The van der Waals surface area contributed by atoms with E-state index >= 15 is 0 Å². The Hall–Kier alpha value is -1.15. The molecule has 0 aliphatic rings. The third kappa shape index (κ3) is 2.92. The maximum Gasteiger partial charge on any atom is 0.315 e. The van der Waals surface area contributed by atoms with E-state index in [0.29, 0.717) is 5.69 Å². The van der Waals surface area contributed by atoms with Crippen molar-refractivity contribution in [3.05, 3.63) is 11.1 Å². The van der Waals surface area contributed by atoms with E-state index in [1.54, 1.807) is 0 Å². The van der Waals surface area contributed by atoms with Gasteiger partial charge in [0.25, 0.3) is 0 Å². The van der Waals surface area contributed by atoms with E-state index in [4.69, 9.17) is 5.11 Å². The van der Waals surface area contributed by atoms with Crippen LogP contribution in [0.5, 0.6) is 0 Å². The molecule has 0 atom stereocenters. The molecule has 1 rings (SSSR count). The monoisotopic (exact) mass is 264 g/mol. The fraction of sp³-hybridized carbons (Fsp3) is 0.500. The van der Waals surface area contributed by atoms with Gasteiger partial charge in [0.15, 0.2) is 5.13 Å². The van der Waals surface area contributed by atoms with Crippen LogP contribution in [0.15, 0.2) is 5.38 Å². The van der Waals surface area contributed by atoms with Crippen LogP contribution >= 0.6 is 11.3 Å². The molecule has 0 aliphatic carbocycles. The standard InChI is InChI=1S/C8H12N2O4S2/c1-8(2,6(11)12)5-4-15-7(9-5)10-16(3,13)14/h4H,1-3H3,(H,9,10)(H,11,12). The van der Waals surface area contributed by atoms with Crippen molar-refractivity contribution in [1.29, 1.82) is 0 Å². The molecule has 16 heavy (non-hydrogen) atoms. The van der Waals surface area contributed by atoms with E-state index in [1.807, 2.05) is 0 Å². The van der Waals surface area contributed by atoms with Gasteiger partial charge in [-0.15, -0.1) is 11.3 Å². The summed E-state index contributed by atoms with van der Waals surface area (Å²) in [6, 6.07) is 0. The first-order chi connectivity index (χ1) is 7.13. The minimum Gasteiger partial charge on any atom is -0.481 e. The molecule has 8 heteroatoms. The molecule has 0 radical (unpaired) electrons. The van der Waals surface area contributed by atoms with Crippen molar-refractivity contribution in [2.45, 2.75) is 19.3 Å². The molecule has 0 aromatic carbocycles. The van der Waals surface area contributed by atoms with Crippen LogP contribution in [0, 0.1) is 0 Å². The summed E-state index contributed by atoms with van der Waals surface area (Å²) in [5.74, 6) is -1.01. The molecule has 1 aromatic heterocycles. The molecule has 0 unspecified atom stereocenters. The number of aliphatic carboxylic acids is 1. The van der Waals surface area contributed by atoms with Gasteiger partial charge in [0.1, 0.15) is 5.41 Å². The van der Waals surface area contributed by atoms with Gasteiger partial charge in [-0.25, -0.2) is 13.4 Å². The molecule has 90 valence electrons. The molecule has 0 bridgehead atoms. The lowest BCUT2D eigenvalue weighted by molar-refractivity contribution is -0.142. The van der Waals surface area contributed by atoms with Crippen molar-refractivity contribution < 1.29 is 18.3 Å². The highest BCUT2D eigenvalue weighted by molar-refractivity contribution is 7.92. The number of carboxylic acids is 1. The zero-order valence-electron chi connectivity index (χ0n) is 9.01. The minimum absolute atomic E-state index is 0.173. The largest absolute Gasteiger partial charge is 0.481 e. The first-order valence-electron chi connectivity index (χ1n) is 4.30. The third-order valence-corrected chi connectivity index (χ3v) is 3.40. The number of hydrogen-bond donors (Lipinski definition) is 2. The predicted molar refractivity (Wildman–Crippen MR) is 61.2 cm³/mol. The van der Waals surface area contributed by atoms with Crippen LogP contribution in [0.3, 0.4) is 0 Å². The van der Waals surface area contributed by atoms with Crippen LogP contribution in [0.2, 0.25) is 0 Å². The van der Waals surface area contributed by atoms with Crippen molar-refractivity contribution in [2.75, 3.05) is 11.0 Å². The summed E-state index contributed by atoms with van der Waals surface area (Å²) < 4.78 is 24.1. The lowest BCUT2D eigenvalue weighted by Gasteiger charge is -2.15. The second-order valence-electron chi connectivity index (χ2n) is 3.84. The summed E-state index contributed by atoms with van der Waals surface area (Å²) in [5.41, 5.74) is -0.801. The second-order valence-corrected chi connectivity index (χ2v) is 6.45. The van der Waals surface area contributed by atoms with E-state index in [-0.39, 0.29) is 5.13 Å². The van der Waals surface area contributed by atoms with Gasteiger partial charge in [0.05, 0.1) is 11.9 Å².